The number of anilines is 1. The number of methoxy groups -OCH3 is 1. The molecule has 110 valence electrons. The monoisotopic (exact) mass is 348 g/mol. The number of rotatable bonds is 5. The maximum Gasteiger partial charge on any atom is 0.253 e. The summed E-state index contributed by atoms with van der Waals surface area (Å²) in [6.45, 7) is 0.523. The Hall–Kier alpha value is -2.01. The summed E-state index contributed by atoms with van der Waals surface area (Å²) in [7, 11) is 1.64. The van der Waals surface area contributed by atoms with Crippen molar-refractivity contribution in [1.82, 2.24) is 5.32 Å². The molecule has 2 aromatic rings. The molecule has 0 heterocycles. The number of carbonyl (C=O) groups excluding carboxylic acids is 1. The lowest BCUT2D eigenvalue weighted by molar-refractivity contribution is 0.0955. The Morgan fingerprint density at radius 2 is 2.05 bits per heavy atom. The van der Waals surface area contributed by atoms with Gasteiger partial charge in [-0.15, -0.1) is 0 Å². The van der Waals surface area contributed by atoms with Crippen LogP contribution in [0.1, 0.15) is 15.9 Å². The zero-order valence-corrected chi connectivity index (χ0v) is 13.3. The Balaban J connectivity index is 1.95. The highest BCUT2D eigenvalue weighted by Crippen LogP contribution is 2.19. The Labute approximate surface area is 132 Å². The molecule has 4 nitrogen and oxygen atoms in total. The van der Waals surface area contributed by atoms with Gasteiger partial charge >= 0.3 is 0 Å². The van der Waals surface area contributed by atoms with Gasteiger partial charge in [0, 0.05) is 16.7 Å². The van der Waals surface area contributed by atoms with Crippen molar-refractivity contribution in [2.24, 2.45) is 0 Å². The van der Waals surface area contributed by atoms with Crippen LogP contribution in [0.25, 0.3) is 0 Å². The number of nitrogens with two attached hydrogens (primary N) is 1. The van der Waals surface area contributed by atoms with E-state index in [4.69, 9.17) is 10.5 Å². The first-order chi connectivity index (χ1) is 10.1. The summed E-state index contributed by atoms with van der Waals surface area (Å²) in [5.74, 6) is 0.657. The van der Waals surface area contributed by atoms with Crippen LogP contribution in [0.3, 0.4) is 0 Å². The van der Waals surface area contributed by atoms with E-state index in [0.717, 1.165) is 15.8 Å². The molecule has 0 spiro atoms. The Morgan fingerprint density at radius 1 is 1.29 bits per heavy atom. The standard InChI is InChI=1S/C16H17BrN2O2/c1-21-15-5-3-2-4-11(15)8-9-19-16(20)13-7-6-12(17)10-14(13)18/h2-7,10H,8-9,18H2,1H3,(H,19,20). The molecule has 2 rings (SSSR count). The number of halogens is 1. The lowest BCUT2D eigenvalue weighted by atomic mass is 10.1. The van der Waals surface area contributed by atoms with Crippen LogP contribution in [-0.2, 0) is 6.42 Å². The van der Waals surface area contributed by atoms with E-state index < -0.39 is 0 Å². The number of amides is 1. The summed E-state index contributed by atoms with van der Waals surface area (Å²) < 4.78 is 6.13. The summed E-state index contributed by atoms with van der Waals surface area (Å²) in [5.41, 5.74) is 7.84. The molecule has 2 aromatic carbocycles. The molecule has 0 aromatic heterocycles. The summed E-state index contributed by atoms with van der Waals surface area (Å²) in [6.07, 6.45) is 0.701. The van der Waals surface area contributed by atoms with Crippen LogP contribution in [-0.4, -0.2) is 19.6 Å². The Bertz CT molecular complexity index is 644. The van der Waals surface area contributed by atoms with Crippen molar-refractivity contribution in [1.29, 1.82) is 0 Å². The minimum Gasteiger partial charge on any atom is -0.496 e. The average Bonchev–Trinajstić information content (AvgIpc) is 2.47. The zero-order valence-electron chi connectivity index (χ0n) is 11.7. The second-order valence-corrected chi connectivity index (χ2v) is 5.46. The topological polar surface area (TPSA) is 64.3 Å². The van der Waals surface area contributed by atoms with Crippen molar-refractivity contribution >= 4 is 27.5 Å². The van der Waals surface area contributed by atoms with E-state index in [1.807, 2.05) is 24.3 Å². The maximum absolute atomic E-state index is 12.1. The minimum absolute atomic E-state index is 0.171. The summed E-state index contributed by atoms with van der Waals surface area (Å²) >= 11 is 3.32. The number of nitrogens with one attached hydrogen (secondary N) is 1. The molecule has 0 atom stereocenters. The van der Waals surface area contributed by atoms with Crippen LogP contribution in [0, 0.1) is 0 Å². The molecular formula is C16H17BrN2O2. The van der Waals surface area contributed by atoms with Crippen LogP contribution in [0.4, 0.5) is 5.69 Å². The second-order valence-electron chi connectivity index (χ2n) is 4.55. The molecule has 21 heavy (non-hydrogen) atoms. The second kappa shape index (κ2) is 7.13. The maximum atomic E-state index is 12.1. The van der Waals surface area contributed by atoms with Gasteiger partial charge in [0.1, 0.15) is 5.75 Å². The quantitative estimate of drug-likeness (QED) is 0.816. The average molecular weight is 349 g/mol. The van der Waals surface area contributed by atoms with Gasteiger partial charge in [0.15, 0.2) is 0 Å². The number of benzene rings is 2. The first kappa shape index (κ1) is 15.4. The molecule has 0 radical (unpaired) electrons. The Kier molecular flexibility index (Phi) is 5.22. The number of carbonyl (C=O) groups is 1. The molecule has 3 N–H and O–H groups in total. The molecule has 0 aliphatic rings. The number of hydrogen-bond donors (Lipinski definition) is 2. The molecule has 0 saturated heterocycles. The molecule has 0 saturated carbocycles. The van der Waals surface area contributed by atoms with Crippen molar-refractivity contribution < 1.29 is 9.53 Å². The highest BCUT2D eigenvalue weighted by Gasteiger charge is 2.09. The van der Waals surface area contributed by atoms with E-state index >= 15 is 0 Å². The van der Waals surface area contributed by atoms with Crippen molar-refractivity contribution in [2.45, 2.75) is 6.42 Å². The van der Waals surface area contributed by atoms with Gasteiger partial charge in [0.25, 0.3) is 5.91 Å². The van der Waals surface area contributed by atoms with Gasteiger partial charge in [-0.25, -0.2) is 0 Å². The number of hydrogen-bond acceptors (Lipinski definition) is 3. The molecule has 5 heteroatoms. The van der Waals surface area contributed by atoms with Crippen LogP contribution in [0.5, 0.6) is 5.75 Å². The largest absolute Gasteiger partial charge is 0.496 e. The van der Waals surface area contributed by atoms with Crippen molar-refractivity contribution in [3.63, 3.8) is 0 Å². The third kappa shape index (κ3) is 3.98. The van der Waals surface area contributed by atoms with Gasteiger partial charge in [0.2, 0.25) is 0 Å². The summed E-state index contributed by atoms with van der Waals surface area (Å²) in [6, 6.07) is 13.0. The predicted molar refractivity (Wildman–Crippen MR) is 87.6 cm³/mol. The fourth-order valence-corrected chi connectivity index (χ4v) is 2.43. The number of para-hydroxylation sites is 1. The number of nitrogen functional groups attached to an aromatic ring is 1. The van der Waals surface area contributed by atoms with E-state index in [-0.39, 0.29) is 5.91 Å². The van der Waals surface area contributed by atoms with Crippen molar-refractivity contribution in [2.75, 3.05) is 19.4 Å². The minimum atomic E-state index is -0.171. The van der Waals surface area contributed by atoms with Gasteiger partial charge in [-0.3, -0.25) is 4.79 Å². The van der Waals surface area contributed by atoms with Gasteiger partial charge in [-0.2, -0.15) is 0 Å². The van der Waals surface area contributed by atoms with Gasteiger partial charge in [-0.1, -0.05) is 34.1 Å². The van der Waals surface area contributed by atoms with Crippen LogP contribution in [0.15, 0.2) is 46.9 Å². The first-order valence-electron chi connectivity index (χ1n) is 6.57. The fraction of sp³-hybridized carbons (Fsp3) is 0.188. The summed E-state index contributed by atoms with van der Waals surface area (Å²) in [5, 5.41) is 2.87. The molecule has 1 amide bonds. The highest BCUT2D eigenvalue weighted by molar-refractivity contribution is 9.10. The van der Waals surface area contributed by atoms with Crippen molar-refractivity contribution in [3.8, 4) is 5.75 Å². The highest BCUT2D eigenvalue weighted by atomic mass is 79.9. The fourth-order valence-electron chi connectivity index (χ4n) is 2.06. The normalized spacial score (nSPS) is 10.2. The smallest absolute Gasteiger partial charge is 0.253 e. The molecular weight excluding hydrogens is 332 g/mol. The predicted octanol–water partition coefficient (Wildman–Crippen LogP) is 3.01. The van der Waals surface area contributed by atoms with Gasteiger partial charge in [0.05, 0.1) is 12.7 Å². The molecule has 0 unspecified atom stereocenters. The Morgan fingerprint density at radius 3 is 2.76 bits per heavy atom. The third-order valence-corrected chi connectivity index (χ3v) is 3.62. The van der Waals surface area contributed by atoms with Gasteiger partial charge in [-0.05, 0) is 36.2 Å². The number of ether oxygens (including phenoxy) is 1. The van der Waals surface area contributed by atoms with E-state index in [0.29, 0.717) is 24.2 Å². The molecule has 0 fully saturated rings. The van der Waals surface area contributed by atoms with Crippen LogP contribution < -0.4 is 15.8 Å². The lowest BCUT2D eigenvalue weighted by Gasteiger charge is -2.10. The van der Waals surface area contributed by atoms with Gasteiger partial charge < -0.3 is 15.8 Å². The van der Waals surface area contributed by atoms with E-state index in [2.05, 4.69) is 21.2 Å². The van der Waals surface area contributed by atoms with E-state index in [1.165, 1.54) is 0 Å². The van der Waals surface area contributed by atoms with E-state index in [1.54, 1.807) is 25.3 Å². The third-order valence-electron chi connectivity index (χ3n) is 3.13. The van der Waals surface area contributed by atoms with Crippen LogP contribution >= 0.6 is 15.9 Å². The molecule has 0 aliphatic carbocycles. The van der Waals surface area contributed by atoms with E-state index in [9.17, 15) is 4.79 Å². The summed E-state index contributed by atoms with van der Waals surface area (Å²) in [4.78, 5) is 12.1. The SMILES string of the molecule is COc1ccccc1CCNC(=O)c1ccc(Br)cc1N. The van der Waals surface area contributed by atoms with Crippen molar-refractivity contribution in [3.05, 3.63) is 58.1 Å². The zero-order chi connectivity index (χ0) is 15.2. The molecule has 0 aliphatic heterocycles. The molecule has 0 bridgehead atoms. The van der Waals surface area contributed by atoms with Crippen LogP contribution in [0.2, 0.25) is 0 Å². The first-order valence-corrected chi connectivity index (χ1v) is 7.36. The lowest BCUT2D eigenvalue weighted by Crippen LogP contribution is -2.26.